The summed E-state index contributed by atoms with van der Waals surface area (Å²) in [6.07, 6.45) is 5.93. The van der Waals surface area contributed by atoms with E-state index in [1.54, 1.807) is 7.05 Å². The first-order chi connectivity index (χ1) is 12.5. The van der Waals surface area contributed by atoms with Crippen LogP contribution in [-0.4, -0.2) is 35.8 Å². The topological polar surface area (TPSA) is 75.5 Å². The summed E-state index contributed by atoms with van der Waals surface area (Å²) in [6.45, 7) is 5.99. The van der Waals surface area contributed by atoms with Crippen LogP contribution in [0.25, 0.3) is 16.9 Å². The van der Waals surface area contributed by atoms with Crippen molar-refractivity contribution >= 4 is 16.9 Å². The Kier molecular flexibility index (Phi) is 4.22. The maximum atomic E-state index is 13.0. The molecular formula is C18H25N5O3. The molecule has 1 aliphatic heterocycles. The van der Waals surface area contributed by atoms with Crippen LogP contribution in [0.4, 0.5) is 0 Å². The minimum atomic E-state index is -0.306. The van der Waals surface area contributed by atoms with Gasteiger partial charge in [-0.1, -0.05) is 13.3 Å². The molecule has 8 heteroatoms. The van der Waals surface area contributed by atoms with Gasteiger partial charge in [-0.15, -0.1) is 0 Å². The molecule has 0 unspecified atom stereocenters. The highest BCUT2D eigenvalue weighted by molar-refractivity contribution is 5.75. The highest BCUT2D eigenvalue weighted by Crippen LogP contribution is 2.20. The summed E-state index contributed by atoms with van der Waals surface area (Å²) in [4.78, 5) is 30.2. The minimum Gasteiger partial charge on any atom is -0.376 e. The first kappa shape index (κ1) is 17.1. The number of aromatic nitrogens is 5. The van der Waals surface area contributed by atoms with Crippen molar-refractivity contribution in [3.8, 4) is 0 Å². The summed E-state index contributed by atoms with van der Waals surface area (Å²) >= 11 is 0. The number of hydrogen-bond donors (Lipinski definition) is 0. The number of unbranched alkanes of at least 4 members (excludes halogenated alkanes) is 1. The second-order valence-corrected chi connectivity index (χ2v) is 7.12. The summed E-state index contributed by atoms with van der Waals surface area (Å²) < 4.78 is 12.5. The monoisotopic (exact) mass is 359 g/mol. The third kappa shape index (κ3) is 2.51. The second-order valence-electron chi connectivity index (χ2n) is 7.12. The smallest absolute Gasteiger partial charge is 0.332 e. The van der Waals surface area contributed by atoms with Crippen LogP contribution in [0.5, 0.6) is 0 Å². The molecule has 0 bridgehead atoms. The molecular weight excluding hydrogens is 334 g/mol. The highest BCUT2D eigenvalue weighted by atomic mass is 16.5. The summed E-state index contributed by atoms with van der Waals surface area (Å²) in [5.74, 6) is 0.688. The van der Waals surface area contributed by atoms with Crippen LogP contribution in [0, 0.1) is 6.92 Å². The number of aryl methyl sites for hydroxylation is 2. The number of imidazole rings is 2. The molecule has 0 aliphatic carbocycles. The Morgan fingerprint density at radius 2 is 2.12 bits per heavy atom. The van der Waals surface area contributed by atoms with Crippen LogP contribution >= 0.6 is 0 Å². The fourth-order valence-corrected chi connectivity index (χ4v) is 3.79. The van der Waals surface area contributed by atoms with Crippen molar-refractivity contribution in [1.82, 2.24) is 23.1 Å². The highest BCUT2D eigenvalue weighted by Gasteiger charge is 2.22. The molecule has 140 valence electrons. The number of rotatable bonds is 5. The van der Waals surface area contributed by atoms with Gasteiger partial charge in [0.15, 0.2) is 11.2 Å². The molecule has 1 atom stereocenters. The molecule has 3 aromatic rings. The first-order valence-electron chi connectivity index (χ1n) is 9.32. The number of nitrogens with zero attached hydrogens (tertiary/aromatic N) is 5. The lowest BCUT2D eigenvalue weighted by molar-refractivity contribution is 0.0974. The molecule has 26 heavy (non-hydrogen) atoms. The molecule has 0 N–H and O–H groups in total. The average molecular weight is 359 g/mol. The van der Waals surface area contributed by atoms with Gasteiger partial charge in [0.25, 0.3) is 5.56 Å². The van der Waals surface area contributed by atoms with Gasteiger partial charge in [-0.3, -0.25) is 18.3 Å². The zero-order chi connectivity index (χ0) is 18.4. The van der Waals surface area contributed by atoms with Crippen LogP contribution in [0.3, 0.4) is 0 Å². The van der Waals surface area contributed by atoms with Crippen LogP contribution < -0.4 is 11.2 Å². The van der Waals surface area contributed by atoms with E-state index < -0.39 is 0 Å². The van der Waals surface area contributed by atoms with E-state index in [9.17, 15) is 9.59 Å². The molecule has 1 aliphatic rings. The number of fused-ring (bicyclic) bond motifs is 3. The number of hydrogen-bond acceptors (Lipinski definition) is 4. The molecule has 1 fully saturated rings. The van der Waals surface area contributed by atoms with Crippen molar-refractivity contribution in [2.75, 3.05) is 6.61 Å². The molecule has 0 amide bonds. The lowest BCUT2D eigenvalue weighted by Crippen LogP contribution is -2.39. The average Bonchev–Trinajstić information content (AvgIpc) is 3.31. The van der Waals surface area contributed by atoms with E-state index in [2.05, 4.69) is 9.55 Å². The Labute approximate surface area is 150 Å². The first-order valence-corrected chi connectivity index (χ1v) is 9.32. The normalized spacial score (nSPS) is 17.7. The van der Waals surface area contributed by atoms with E-state index in [1.807, 2.05) is 24.4 Å². The molecule has 0 radical (unpaired) electrons. The summed E-state index contributed by atoms with van der Waals surface area (Å²) in [5.41, 5.74) is 1.35. The molecule has 0 saturated carbocycles. The molecule has 8 nitrogen and oxygen atoms in total. The SMILES string of the molecule is CCCCn1c(=O)c2c(nc3n(C[C@H]4CCCO4)c(C)cn23)n(C)c1=O. The maximum Gasteiger partial charge on any atom is 0.332 e. The van der Waals surface area contributed by atoms with Crippen molar-refractivity contribution in [2.24, 2.45) is 7.05 Å². The standard InChI is InChI=1S/C18H25N5O3/c1-4-5-8-21-16(24)14-15(20(3)18(21)25)19-17-22(12(2)10-23(14)17)11-13-7-6-9-26-13/h10,13H,4-9,11H2,1-3H3/t13-/m1/s1. The van der Waals surface area contributed by atoms with E-state index in [-0.39, 0.29) is 17.4 Å². The Hall–Kier alpha value is -2.35. The van der Waals surface area contributed by atoms with E-state index in [1.165, 1.54) is 9.13 Å². The maximum absolute atomic E-state index is 13.0. The third-order valence-corrected chi connectivity index (χ3v) is 5.29. The fraction of sp³-hybridized carbons (Fsp3) is 0.611. The Morgan fingerprint density at radius 1 is 1.31 bits per heavy atom. The molecule has 0 aromatic carbocycles. The lowest BCUT2D eigenvalue weighted by Gasteiger charge is -2.11. The van der Waals surface area contributed by atoms with Gasteiger partial charge in [0.1, 0.15) is 0 Å². The molecule has 4 rings (SSSR count). The molecule has 4 heterocycles. The van der Waals surface area contributed by atoms with Gasteiger partial charge in [0, 0.05) is 32.1 Å². The fourth-order valence-electron chi connectivity index (χ4n) is 3.79. The van der Waals surface area contributed by atoms with Gasteiger partial charge in [-0.05, 0) is 26.2 Å². The second kappa shape index (κ2) is 6.42. The Morgan fingerprint density at radius 3 is 2.81 bits per heavy atom. The minimum absolute atomic E-state index is 0.176. The van der Waals surface area contributed by atoms with Gasteiger partial charge in [-0.2, -0.15) is 4.98 Å². The van der Waals surface area contributed by atoms with Crippen LogP contribution in [-0.2, 0) is 24.9 Å². The molecule has 0 spiro atoms. The largest absolute Gasteiger partial charge is 0.376 e. The van der Waals surface area contributed by atoms with Gasteiger partial charge < -0.3 is 9.30 Å². The third-order valence-electron chi connectivity index (χ3n) is 5.29. The van der Waals surface area contributed by atoms with Crippen molar-refractivity contribution < 1.29 is 4.74 Å². The van der Waals surface area contributed by atoms with E-state index in [4.69, 9.17) is 4.74 Å². The summed E-state index contributed by atoms with van der Waals surface area (Å²) in [5, 5.41) is 0. The Bertz CT molecular complexity index is 1080. The zero-order valence-corrected chi connectivity index (χ0v) is 15.6. The van der Waals surface area contributed by atoms with Gasteiger partial charge in [-0.25, -0.2) is 4.79 Å². The van der Waals surface area contributed by atoms with E-state index in [0.717, 1.165) is 38.0 Å². The van der Waals surface area contributed by atoms with Crippen LogP contribution in [0.1, 0.15) is 38.3 Å². The van der Waals surface area contributed by atoms with Crippen LogP contribution in [0.2, 0.25) is 0 Å². The van der Waals surface area contributed by atoms with Crippen LogP contribution in [0.15, 0.2) is 15.8 Å². The van der Waals surface area contributed by atoms with Crippen molar-refractivity contribution in [3.05, 3.63) is 32.7 Å². The predicted octanol–water partition coefficient (Wildman–Crippen LogP) is 1.44. The lowest BCUT2D eigenvalue weighted by atomic mass is 10.2. The van der Waals surface area contributed by atoms with Crippen molar-refractivity contribution in [1.29, 1.82) is 0 Å². The predicted molar refractivity (Wildman–Crippen MR) is 98.8 cm³/mol. The zero-order valence-electron chi connectivity index (χ0n) is 15.6. The van der Waals surface area contributed by atoms with E-state index in [0.29, 0.717) is 30.0 Å². The summed E-state index contributed by atoms with van der Waals surface area (Å²) in [6, 6.07) is 0. The quantitative estimate of drug-likeness (QED) is 0.691. The summed E-state index contributed by atoms with van der Waals surface area (Å²) in [7, 11) is 1.68. The van der Waals surface area contributed by atoms with Gasteiger partial charge in [0.05, 0.1) is 12.6 Å². The Balaban J connectivity index is 1.93. The van der Waals surface area contributed by atoms with Crippen molar-refractivity contribution in [3.63, 3.8) is 0 Å². The number of ether oxygens (including phenoxy) is 1. The molecule has 3 aromatic heterocycles. The van der Waals surface area contributed by atoms with Gasteiger partial charge >= 0.3 is 5.69 Å². The molecule has 1 saturated heterocycles. The van der Waals surface area contributed by atoms with E-state index >= 15 is 0 Å². The van der Waals surface area contributed by atoms with Gasteiger partial charge in [0.2, 0.25) is 5.78 Å². The van der Waals surface area contributed by atoms with Crippen molar-refractivity contribution in [2.45, 2.75) is 58.7 Å².